The summed E-state index contributed by atoms with van der Waals surface area (Å²) < 4.78 is 21.3. The summed E-state index contributed by atoms with van der Waals surface area (Å²) in [6.45, 7) is 3.55. The Morgan fingerprint density at radius 1 is 0.971 bits per heavy atom. The number of rotatable bonds is 22. The van der Waals surface area contributed by atoms with Crippen molar-refractivity contribution in [1.82, 2.24) is 5.32 Å². The van der Waals surface area contributed by atoms with Crippen LogP contribution < -0.4 is 11.1 Å². The Hall–Kier alpha value is -1.13. The number of carbonyl (C=O) groups excluding carboxylic acids is 3. The van der Waals surface area contributed by atoms with E-state index in [9.17, 15) is 18.9 Å². The molecular weight excluding hydrogens is 495 g/mol. The maximum atomic E-state index is 12.0. The monoisotopic (exact) mass is 540 g/mol. The Morgan fingerprint density at radius 3 is 2.14 bits per heavy atom. The van der Waals surface area contributed by atoms with Crippen LogP contribution >= 0.6 is 19.4 Å². The number of amides is 1. The molecule has 35 heavy (non-hydrogen) atoms. The summed E-state index contributed by atoms with van der Waals surface area (Å²) >= 11 is 1.29. The molecule has 0 aliphatic carbocycles. The number of nitrogens with two attached hydrogens (primary N) is 1. The van der Waals surface area contributed by atoms with E-state index in [2.05, 4.69) is 12.2 Å². The topological polar surface area (TPSA) is 165 Å². The van der Waals surface area contributed by atoms with Crippen molar-refractivity contribution in [2.75, 3.05) is 30.8 Å². The van der Waals surface area contributed by atoms with Crippen molar-refractivity contribution in [2.24, 2.45) is 5.73 Å². The van der Waals surface area contributed by atoms with Gasteiger partial charge in [0, 0.05) is 31.4 Å². The fourth-order valence-corrected chi connectivity index (χ4v) is 4.76. The molecule has 0 rings (SSSR count). The van der Waals surface area contributed by atoms with E-state index in [4.69, 9.17) is 25.0 Å². The maximum Gasteiger partial charge on any atom is 0.325 e. The van der Waals surface area contributed by atoms with E-state index in [1.54, 1.807) is 0 Å². The lowest BCUT2D eigenvalue weighted by Crippen LogP contribution is -2.43. The van der Waals surface area contributed by atoms with Gasteiger partial charge >= 0.3 is 19.5 Å². The minimum absolute atomic E-state index is 0.0490. The summed E-state index contributed by atoms with van der Waals surface area (Å²) in [5.41, 5.74) is 5.84. The van der Waals surface area contributed by atoms with Crippen molar-refractivity contribution in [1.29, 1.82) is 0 Å². The van der Waals surface area contributed by atoms with E-state index >= 15 is 0 Å². The lowest BCUT2D eigenvalue weighted by molar-refractivity contribution is -0.156. The average molecular weight is 541 g/mol. The van der Waals surface area contributed by atoms with Gasteiger partial charge in [-0.2, -0.15) is 11.8 Å². The molecule has 12 heteroatoms. The van der Waals surface area contributed by atoms with Gasteiger partial charge in [0.05, 0.1) is 12.2 Å². The molecule has 2 atom stereocenters. The Labute approximate surface area is 214 Å². The number of unbranched alkanes of at least 4 members (excludes halogenated alkanes) is 8. The summed E-state index contributed by atoms with van der Waals surface area (Å²) in [7, 11) is -4.08. The molecule has 0 heterocycles. The molecular formula is C23H45N2O8PS. The molecule has 0 aromatic rings. The third-order valence-electron chi connectivity index (χ3n) is 5.11. The fourth-order valence-electron chi connectivity index (χ4n) is 3.22. The molecule has 1 amide bonds. The van der Waals surface area contributed by atoms with Gasteiger partial charge in [0.15, 0.2) is 0 Å². The number of carbonyl (C=O) groups is 3. The molecule has 0 aromatic carbocycles. The highest BCUT2D eigenvalue weighted by Crippen LogP contribution is 2.34. The number of hydrogen-bond donors (Lipinski definition) is 4. The van der Waals surface area contributed by atoms with Crippen LogP contribution in [0.25, 0.3) is 0 Å². The van der Waals surface area contributed by atoms with Crippen LogP contribution in [0.1, 0.15) is 84.5 Å². The van der Waals surface area contributed by atoms with Gasteiger partial charge in [-0.1, -0.05) is 58.3 Å². The van der Waals surface area contributed by atoms with Crippen LogP contribution in [0.3, 0.4) is 0 Å². The van der Waals surface area contributed by atoms with Crippen LogP contribution in [0.5, 0.6) is 0 Å². The molecule has 0 saturated heterocycles. The first-order chi connectivity index (χ1) is 16.5. The van der Waals surface area contributed by atoms with E-state index in [1.807, 2.05) is 0 Å². The molecule has 0 aromatic heterocycles. The maximum absolute atomic E-state index is 12.0. The molecule has 206 valence electrons. The van der Waals surface area contributed by atoms with Crippen molar-refractivity contribution in [2.45, 2.75) is 96.6 Å². The van der Waals surface area contributed by atoms with Gasteiger partial charge < -0.3 is 30.3 Å². The summed E-state index contributed by atoms with van der Waals surface area (Å²) in [6.07, 6.45) is 9.98. The first-order valence-electron chi connectivity index (χ1n) is 12.5. The molecule has 0 aliphatic rings. The standard InChI is InChI=1S/C23H45N2O8PS/c1-3-4-5-6-7-8-9-10-11-13-22(27)32-16-20(33-19(2)26)17-35-18-21(24)23(28)25-14-12-15-34(29,30)31/h20-21H,3-18,24H2,1-2H3,(H,25,28)(H2,29,30,31)/t20-,21+/m1/s1. The Balaban J connectivity index is 4.05. The summed E-state index contributed by atoms with van der Waals surface area (Å²) in [6, 6.07) is -0.831. The summed E-state index contributed by atoms with van der Waals surface area (Å²) in [5.74, 6) is -0.683. The first kappa shape index (κ1) is 33.9. The molecule has 0 unspecified atom stereocenters. The van der Waals surface area contributed by atoms with Gasteiger partial charge in [-0.15, -0.1) is 0 Å². The fraction of sp³-hybridized carbons (Fsp3) is 0.870. The molecule has 0 fully saturated rings. The third kappa shape index (κ3) is 23.0. The van der Waals surface area contributed by atoms with E-state index in [-0.39, 0.29) is 37.5 Å². The van der Waals surface area contributed by atoms with Gasteiger partial charge in [-0.25, -0.2) is 0 Å². The van der Waals surface area contributed by atoms with E-state index in [0.29, 0.717) is 12.2 Å². The largest absolute Gasteiger partial charge is 0.462 e. The second-order valence-corrected chi connectivity index (χ2v) is 11.5. The normalized spacial score (nSPS) is 13.2. The summed E-state index contributed by atoms with van der Waals surface area (Å²) in [5, 5.41) is 2.53. The smallest absolute Gasteiger partial charge is 0.325 e. The lowest BCUT2D eigenvalue weighted by atomic mass is 10.1. The Bertz CT molecular complexity index is 647. The van der Waals surface area contributed by atoms with Crippen LogP contribution in [0, 0.1) is 0 Å². The van der Waals surface area contributed by atoms with Crippen molar-refractivity contribution < 1.29 is 38.2 Å². The van der Waals surface area contributed by atoms with Crippen LogP contribution in [0.4, 0.5) is 0 Å². The number of hydrogen-bond acceptors (Lipinski definition) is 8. The molecule has 5 N–H and O–H groups in total. The third-order valence-corrected chi connectivity index (χ3v) is 7.21. The molecule has 0 saturated carbocycles. The van der Waals surface area contributed by atoms with Crippen molar-refractivity contribution >= 4 is 37.2 Å². The Morgan fingerprint density at radius 2 is 1.57 bits per heavy atom. The zero-order chi connectivity index (χ0) is 26.5. The molecule has 0 radical (unpaired) electrons. The molecule has 0 bridgehead atoms. The van der Waals surface area contributed by atoms with Gasteiger partial charge in [0.25, 0.3) is 0 Å². The number of thioether (sulfide) groups is 1. The zero-order valence-corrected chi connectivity index (χ0v) is 23.0. The number of ether oxygens (including phenoxy) is 2. The predicted molar refractivity (Wildman–Crippen MR) is 138 cm³/mol. The average Bonchev–Trinajstić information content (AvgIpc) is 2.77. The highest BCUT2D eigenvalue weighted by atomic mass is 32.2. The molecule has 0 spiro atoms. The van der Waals surface area contributed by atoms with Gasteiger partial charge in [-0.3, -0.25) is 18.9 Å². The number of nitrogens with one attached hydrogen (secondary N) is 1. The van der Waals surface area contributed by atoms with Crippen LogP contribution in [-0.2, 0) is 28.4 Å². The first-order valence-corrected chi connectivity index (χ1v) is 15.5. The lowest BCUT2D eigenvalue weighted by Gasteiger charge is -2.18. The van der Waals surface area contributed by atoms with Gasteiger partial charge in [-0.05, 0) is 12.8 Å². The van der Waals surface area contributed by atoms with Gasteiger partial charge in [0.1, 0.15) is 12.7 Å². The van der Waals surface area contributed by atoms with E-state index < -0.39 is 31.6 Å². The van der Waals surface area contributed by atoms with Crippen LogP contribution in [0.15, 0.2) is 0 Å². The predicted octanol–water partition coefficient (Wildman–Crippen LogP) is 3.13. The summed E-state index contributed by atoms with van der Waals surface area (Å²) in [4.78, 5) is 52.9. The van der Waals surface area contributed by atoms with E-state index in [1.165, 1.54) is 57.2 Å². The zero-order valence-electron chi connectivity index (χ0n) is 21.2. The Kier molecular flexibility index (Phi) is 20.3. The molecule has 0 aliphatic heterocycles. The highest BCUT2D eigenvalue weighted by molar-refractivity contribution is 7.99. The van der Waals surface area contributed by atoms with Gasteiger partial charge in [0.2, 0.25) is 5.91 Å². The van der Waals surface area contributed by atoms with Crippen molar-refractivity contribution in [3.63, 3.8) is 0 Å². The second-order valence-electron chi connectivity index (χ2n) is 8.67. The number of esters is 2. The van der Waals surface area contributed by atoms with Crippen LogP contribution in [0.2, 0.25) is 0 Å². The van der Waals surface area contributed by atoms with Crippen molar-refractivity contribution in [3.8, 4) is 0 Å². The minimum Gasteiger partial charge on any atom is -0.462 e. The van der Waals surface area contributed by atoms with Crippen molar-refractivity contribution in [3.05, 3.63) is 0 Å². The van der Waals surface area contributed by atoms with E-state index in [0.717, 1.165) is 19.3 Å². The second kappa shape index (κ2) is 21.0. The van der Waals surface area contributed by atoms with Crippen LogP contribution in [-0.4, -0.2) is 70.6 Å². The molecule has 10 nitrogen and oxygen atoms in total. The SMILES string of the molecule is CCCCCCCCCCCC(=O)OC[C@H](CSC[C@H](N)C(=O)NCCCP(=O)(O)O)OC(C)=O. The minimum atomic E-state index is -4.08. The highest BCUT2D eigenvalue weighted by Gasteiger charge is 2.19. The quantitative estimate of drug-likeness (QED) is 0.0910.